The fourth-order valence-electron chi connectivity index (χ4n) is 2.71. The van der Waals surface area contributed by atoms with Gasteiger partial charge >= 0.3 is 0 Å². The molecule has 0 spiro atoms. The molecule has 0 atom stereocenters. The zero-order chi connectivity index (χ0) is 14.4. The fourth-order valence-corrected chi connectivity index (χ4v) is 2.71. The quantitative estimate of drug-likeness (QED) is 0.530. The molecule has 0 fully saturated rings. The number of aryl methyl sites for hydroxylation is 1. The Hall–Kier alpha value is -2.68. The van der Waals surface area contributed by atoms with Crippen LogP contribution in [0, 0.1) is 12.7 Å². The summed E-state index contributed by atoms with van der Waals surface area (Å²) in [6.45, 7) is 2.05. The Morgan fingerprint density at radius 3 is 2.81 bits per heavy atom. The standard InChI is InChI=1S/C18H13FN2/c1-11-5-6-12-7-8-16(21-17(12)9-11)14-10-20-18-13(14)3-2-4-15(18)19/h2-10,20H,1H3. The van der Waals surface area contributed by atoms with Crippen LogP contribution in [0.2, 0.25) is 0 Å². The van der Waals surface area contributed by atoms with Gasteiger partial charge in [0.05, 0.1) is 16.7 Å². The van der Waals surface area contributed by atoms with Crippen molar-refractivity contribution >= 4 is 21.8 Å². The van der Waals surface area contributed by atoms with Gasteiger partial charge in [0.1, 0.15) is 5.82 Å². The van der Waals surface area contributed by atoms with E-state index >= 15 is 0 Å². The first kappa shape index (κ1) is 12.1. The lowest BCUT2D eigenvalue weighted by Crippen LogP contribution is -1.85. The summed E-state index contributed by atoms with van der Waals surface area (Å²) in [6.07, 6.45) is 1.82. The first-order valence-electron chi connectivity index (χ1n) is 6.86. The number of nitrogens with one attached hydrogen (secondary N) is 1. The molecule has 4 rings (SSSR count). The normalized spacial score (nSPS) is 11.3. The molecule has 21 heavy (non-hydrogen) atoms. The Labute approximate surface area is 121 Å². The van der Waals surface area contributed by atoms with E-state index in [2.05, 4.69) is 36.2 Å². The number of fused-ring (bicyclic) bond motifs is 2. The fraction of sp³-hybridized carbons (Fsp3) is 0.0556. The third kappa shape index (κ3) is 1.89. The van der Waals surface area contributed by atoms with E-state index in [-0.39, 0.29) is 5.82 Å². The molecule has 0 bridgehead atoms. The number of para-hydroxylation sites is 1. The maximum Gasteiger partial charge on any atom is 0.147 e. The van der Waals surface area contributed by atoms with Crippen molar-refractivity contribution in [1.29, 1.82) is 0 Å². The van der Waals surface area contributed by atoms with E-state index in [0.29, 0.717) is 5.52 Å². The lowest BCUT2D eigenvalue weighted by atomic mass is 10.1. The minimum atomic E-state index is -0.240. The van der Waals surface area contributed by atoms with Gasteiger partial charge in [-0.3, -0.25) is 0 Å². The summed E-state index contributed by atoms with van der Waals surface area (Å²) < 4.78 is 13.8. The number of rotatable bonds is 1. The Balaban J connectivity index is 1.98. The number of hydrogen-bond acceptors (Lipinski definition) is 1. The number of hydrogen-bond donors (Lipinski definition) is 1. The molecule has 0 radical (unpaired) electrons. The average Bonchev–Trinajstić information content (AvgIpc) is 2.92. The molecule has 2 aromatic heterocycles. The smallest absolute Gasteiger partial charge is 0.147 e. The molecule has 2 heterocycles. The van der Waals surface area contributed by atoms with Crippen LogP contribution < -0.4 is 0 Å². The summed E-state index contributed by atoms with van der Waals surface area (Å²) in [5.41, 5.74) is 4.44. The Kier molecular flexibility index (Phi) is 2.54. The first-order valence-corrected chi connectivity index (χ1v) is 6.86. The van der Waals surface area contributed by atoms with Crippen LogP contribution in [-0.2, 0) is 0 Å². The maximum absolute atomic E-state index is 13.8. The topological polar surface area (TPSA) is 28.7 Å². The van der Waals surface area contributed by atoms with Crippen LogP contribution in [-0.4, -0.2) is 9.97 Å². The first-order chi connectivity index (χ1) is 10.2. The van der Waals surface area contributed by atoms with Crippen LogP contribution >= 0.6 is 0 Å². The summed E-state index contributed by atoms with van der Waals surface area (Å²) in [5, 5.41) is 1.96. The Bertz CT molecular complexity index is 969. The van der Waals surface area contributed by atoms with E-state index in [9.17, 15) is 4.39 Å². The lowest BCUT2D eigenvalue weighted by Gasteiger charge is -2.03. The Morgan fingerprint density at radius 1 is 1.05 bits per heavy atom. The molecule has 0 saturated heterocycles. The molecule has 0 amide bonds. The minimum Gasteiger partial charge on any atom is -0.358 e. The molecule has 0 aliphatic carbocycles. The molecule has 2 aromatic carbocycles. The highest BCUT2D eigenvalue weighted by Crippen LogP contribution is 2.29. The molecule has 0 saturated carbocycles. The number of pyridine rings is 1. The number of H-pyrrole nitrogens is 1. The molecular weight excluding hydrogens is 263 g/mol. The van der Waals surface area contributed by atoms with E-state index in [1.54, 1.807) is 6.07 Å². The zero-order valence-electron chi connectivity index (χ0n) is 11.5. The van der Waals surface area contributed by atoms with Crippen LogP contribution in [0.4, 0.5) is 4.39 Å². The van der Waals surface area contributed by atoms with Crippen molar-refractivity contribution in [2.45, 2.75) is 6.92 Å². The van der Waals surface area contributed by atoms with Crippen molar-refractivity contribution in [2.24, 2.45) is 0 Å². The number of aromatic nitrogens is 2. The minimum absolute atomic E-state index is 0.240. The van der Waals surface area contributed by atoms with Gasteiger partial charge in [-0.2, -0.15) is 0 Å². The van der Waals surface area contributed by atoms with Crippen molar-refractivity contribution in [3.05, 3.63) is 66.1 Å². The molecule has 2 nitrogen and oxygen atoms in total. The molecular formula is C18H13FN2. The van der Waals surface area contributed by atoms with Crippen molar-refractivity contribution in [1.82, 2.24) is 9.97 Å². The number of nitrogens with zero attached hydrogens (tertiary/aromatic N) is 1. The van der Waals surface area contributed by atoms with Gasteiger partial charge in [-0.1, -0.05) is 30.3 Å². The molecule has 0 aliphatic heterocycles. The van der Waals surface area contributed by atoms with Crippen molar-refractivity contribution in [3.63, 3.8) is 0 Å². The number of aromatic amines is 1. The summed E-state index contributed by atoms with van der Waals surface area (Å²) in [6, 6.07) is 15.3. The molecule has 102 valence electrons. The second kappa shape index (κ2) is 4.42. The highest BCUT2D eigenvalue weighted by molar-refractivity contribution is 5.96. The van der Waals surface area contributed by atoms with Gasteiger partial charge in [0.25, 0.3) is 0 Å². The van der Waals surface area contributed by atoms with Crippen LogP contribution in [0.1, 0.15) is 5.56 Å². The van der Waals surface area contributed by atoms with Gasteiger partial charge in [-0.05, 0) is 30.7 Å². The van der Waals surface area contributed by atoms with E-state index in [1.165, 1.54) is 11.6 Å². The van der Waals surface area contributed by atoms with Gasteiger partial charge in [-0.25, -0.2) is 9.37 Å². The highest BCUT2D eigenvalue weighted by Gasteiger charge is 2.10. The monoisotopic (exact) mass is 276 g/mol. The number of halogens is 1. The lowest BCUT2D eigenvalue weighted by molar-refractivity contribution is 0.637. The van der Waals surface area contributed by atoms with Crippen molar-refractivity contribution < 1.29 is 4.39 Å². The van der Waals surface area contributed by atoms with Crippen LogP contribution in [0.15, 0.2) is 54.7 Å². The van der Waals surface area contributed by atoms with Crippen LogP contribution in [0.25, 0.3) is 33.1 Å². The second-order valence-electron chi connectivity index (χ2n) is 5.26. The molecule has 3 heteroatoms. The molecule has 0 aliphatic rings. The van der Waals surface area contributed by atoms with Crippen molar-refractivity contribution in [2.75, 3.05) is 0 Å². The average molecular weight is 276 g/mol. The van der Waals surface area contributed by atoms with Gasteiger partial charge in [-0.15, -0.1) is 0 Å². The summed E-state index contributed by atoms with van der Waals surface area (Å²) in [5.74, 6) is -0.240. The van der Waals surface area contributed by atoms with Crippen molar-refractivity contribution in [3.8, 4) is 11.3 Å². The largest absolute Gasteiger partial charge is 0.358 e. The summed E-state index contributed by atoms with van der Waals surface area (Å²) in [7, 11) is 0. The van der Waals surface area contributed by atoms with E-state index in [1.807, 2.05) is 18.3 Å². The number of benzene rings is 2. The van der Waals surface area contributed by atoms with E-state index in [0.717, 1.165) is 27.5 Å². The molecule has 4 aromatic rings. The van der Waals surface area contributed by atoms with E-state index in [4.69, 9.17) is 4.98 Å². The highest BCUT2D eigenvalue weighted by atomic mass is 19.1. The van der Waals surface area contributed by atoms with Crippen LogP contribution in [0.3, 0.4) is 0 Å². The third-order valence-corrected chi connectivity index (χ3v) is 3.79. The van der Waals surface area contributed by atoms with Gasteiger partial charge in [0.2, 0.25) is 0 Å². The van der Waals surface area contributed by atoms with E-state index < -0.39 is 0 Å². The molecule has 1 N–H and O–H groups in total. The second-order valence-corrected chi connectivity index (χ2v) is 5.26. The summed E-state index contributed by atoms with van der Waals surface area (Å²) >= 11 is 0. The van der Waals surface area contributed by atoms with Gasteiger partial charge < -0.3 is 4.98 Å². The summed E-state index contributed by atoms with van der Waals surface area (Å²) in [4.78, 5) is 7.72. The predicted octanol–water partition coefficient (Wildman–Crippen LogP) is 4.83. The van der Waals surface area contributed by atoms with Crippen LogP contribution in [0.5, 0.6) is 0 Å². The SMILES string of the molecule is Cc1ccc2ccc(-c3c[nH]c4c(F)cccc34)nc2c1. The predicted molar refractivity (Wildman–Crippen MR) is 83.7 cm³/mol. The zero-order valence-corrected chi connectivity index (χ0v) is 11.5. The third-order valence-electron chi connectivity index (χ3n) is 3.79. The molecule has 0 unspecified atom stereocenters. The Morgan fingerprint density at radius 2 is 1.90 bits per heavy atom. The van der Waals surface area contributed by atoms with Gasteiger partial charge in [0, 0.05) is 22.5 Å². The van der Waals surface area contributed by atoms with Gasteiger partial charge in [0.15, 0.2) is 0 Å². The maximum atomic E-state index is 13.8.